The Kier molecular flexibility index (Phi) is 6.59. The fraction of sp³-hybridized carbons (Fsp3) is 0.136. The molecule has 0 aliphatic rings. The molecule has 3 rings (SSSR count). The third kappa shape index (κ3) is 4.72. The van der Waals surface area contributed by atoms with Gasteiger partial charge >= 0.3 is 0 Å². The predicted molar refractivity (Wildman–Crippen MR) is 117 cm³/mol. The highest BCUT2D eigenvalue weighted by Gasteiger charge is 2.19. The number of aryl methyl sites for hydroxylation is 1. The summed E-state index contributed by atoms with van der Waals surface area (Å²) in [4.78, 5) is 29.0. The molecular weight excluding hydrogens is 425 g/mol. The molecule has 0 aliphatic heterocycles. The van der Waals surface area contributed by atoms with Crippen molar-refractivity contribution in [3.8, 4) is 16.9 Å². The molecule has 1 aromatic heterocycles. The van der Waals surface area contributed by atoms with E-state index in [9.17, 15) is 9.59 Å². The maximum absolute atomic E-state index is 12.7. The third-order valence-electron chi connectivity index (χ3n) is 4.52. The second-order valence-electron chi connectivity index (χ2n) is 6.54. The Labute approximate surface area is 184 Å². The Morgan fingerprint density at radius 1 is 1.07 bits per heavy atom. The maximum atomic E-state index is 12.7. The number of rotatable bonds is 6. The van der Waals surface area contributed by atoms with Gasteiger partial charge in [0.25, 0.3) is 11.8 Å². The molecule has 0 saturated heterocycles. The van der Waals surface area contributed by atoms with Gasteiger partial charge in [-0.15, -0.1) is 0 Å². The molecule has 2 amide bonds. The number of pyridine rings is 1. The van der Waals surface area contributed by atoms with Crippen molar-refractivity contribution in [1.82, 2.24) is 10.3 Å². The zero-order valence-electron chi connectivity index (χ0n) is 16.3. The number of methoxy groups -OCH3 is 1. The number of hydrogen-bond donors (Lipinski definition) is 2. The molecule has 0 saturated carbocycles. The topological polar surface area (TPSA) is 94.3 Å². The molecule has 0 radical (unpaired) electrons. The zero-order valence-corrected chi connectivity index (χ0v) is 17.8. The molecule has 0 spiro atoms. The molecule has 8 heteroatoms. The Morgan fingerprint density at radius 3 is 2.37 bits per heavy atom. The number of carbonyl (C=O) groups is 2. The van der Waals surface area contributed by atoms with Crippen LogP contribution in [0.2, 0.25) is 10.0 Å². The highest BCUT2D eigenvalue weighted by atomic mass is 35.5. The van der Waals surface area contributed by atoms with Crippen LogP contribution in [-0.4, -0.2) is 23.9 Å². The van der Waals surface area contributed by atoms with Crippen molar-refractivity contribution in [1.29, 1.82) is 0 Å². The summed E-state index contributed by atoms with van der Waals surface area (Å²) in [6.45, 7) is 1.88. The van der Waals surface area contributed by atoms with Crippen LogP contribution in [0.4, 0.5) is 0 Å². The van der Waals surface area contributed by atoms with Crippen LogP contribution in [0.5, 0.6) is 5.75 Å². The highest BCUT2D eigenvalue weighted by Crippen LogP contribution is 2.28. The minimum atomic E-state index is -0.617. The quantitative estimate of drug-likeness (QED) is 0.589. The van der Waals surface area contributed by atoms with Crippen molar-refractivity contribution in [2.45, 2.75) is 13.5 Å². The maximum Gasteiger partial charge on any atom is 0.270 e. The Morgan fingerprint density at radius 2 is 1.77 bits per heavy atom. The van der Waals surface area contributed by atoms with E-state index in [1.165, 1.54) is 0 Å². The Balaban J connectivity index is 1.92. The van der Waals surface area contributed by atoms with Gasteiger partial charge in [0.2, 0.25) is 0 Å². The Hall–Kier alpha value is -3.09. The summed E-state index contributed by atoms with van der Waals surface area (Å²) < 4.78 is 5.17. The van der Waals surface area contributed by atoms with Gasteiger partial charge in [-0.05, 0) is 53.9 Å². The van der Waals surface area contributed by atoms with Crippen molar-refractivity contribution in [2.75, 3.05) is 7.11 Å². The van der Waals surface area contributed by atoms with Gasteiger partial charge < -0.3 is 15.8 Å². The van der Waals surface area contributed by atoms with Crippen molar-refractivity contribution in [3.63, 3.8) is 0 Å². The molecule has 0 bridgehead atoms. The van der Waals surface area contributed by atoms with Gasteiger partial charge in [-0.1, -0.05) is 41.4 Å². The van der Waals surface area contributed by atoms with E-state index in [0.717, 1.165) is 5.56 Å². The molecule has 6 nitrogen and oxygen atoms in total. The van der Waals surface area contributed by atoms with Crippen LogP contribution in [0.1, 0.15) is 32.1 Å². The van der Waals surface area contributed by atoms with E-state index < -0.39 is 11.8 Å². The van der Waals surface area contributed by atoms with Crippen LogP contribution in [0.15, 0.2) is 48.5 Å². The third-order valence-corrected chi connectivity index (χ3v) is 5.26. The van der Waals surface area contributed by atoms with Crippen molar-refractivity contribution in [3.05, 3.63) is 81.1 Å². The van der Waals surface area contributed by atoms with E-state index in [-0.39, 0.29) is 17.8 Å². The molecule has 1 heterocycles. The summed E-state index contributed by atoms with van der Waals surface area (Å²) in [5, 5.41) is 3.64. The SMILES string of the molecule is COc1ccc(-c2cc(C(=O)NCc3ccc(Cl)c(Cl)c3)nc(C)c2C(N)=O)cc1. The average Bonchev–Trinajstić information content (AvgIpc) is 2.73. The lowest BCUT2D eigenvalue weighted by Gasteiger charge is -2.13. The van der Waals surface area contributed by atoms with E-state index >= 15 is 0 Å². The minimum absolute atomic E-state index is 0.170. The lowest BCUT2D eigenvalue weighted by Crippen LogP contribution is -2.25. The molecule has 2 aromatic carbocycles. The predicted octanol–water partition coefficient (Wildman–Crippen LogP) is 4.40. The molecule has 154 valence electrons. The van der Waals surface area contributed by atoms with Gasteiger partial charge in [-0.3, -0.25) is 9.59 Å². The lowest BCUT2D eigenvalue weighted by atomic mass is 9.97. The summed E-state index contributed by atoms with van der Waals surface area (Å²) in [6.07, 6.45) is 0. The van der Waals surface area contributed by atoms with Crippen LogP contribution in [0.3, 0.4) is 0 Å². The monoisotopic (exact) mass is 443 g/mol. The van der Waals surface area contributed by atoms with E-state index in [1.807, 2.05) is 0 Å². The molecule has 0 unspecified atom stereocenters. The second-order valence-corrected chi connectivity index (χ2v) is 7.35. The average molecular weight is 444 g/mol. The first kappa shape index (κ1) is 21.6. The van der Waals surface area contributed by atoms with Gasteiger partial charge in [-0.25, -0.2) is 4.98 Å². The van der Waals surface area contributed by atoms with Gasteiger partial charge in [-0.2, -0.15) is 0 Å². The number of hydrogen-bond acceptors (Lipinski definition) is 4. The zero-order chi connectivity index (χ0) is 21.8. The summed E-state index contributed by atoms with van der Waals surface area (Å²) in [7, 11) is 1.57. The first-order valence-electron chi connectivity index (χ1n) is 8.98. The van der Waals surface area contributed by atoms with Gasteiger partial charge in [0.05, 0.1) is 28.4 Å². The minimum Gasteiger partial charge on any atom is -0.497 e. The summed E-state index contributed by atoms with van der Waals surface area (Å²) in [5.74, 6) is -0.340. The van der Waals surface area contributed by atoms with Crippen LogP contribution in [0, 0.1) is 6.92 Å². The fourth-order valence-electron chi connectivity index (χ4n) is 3.02. The number of halogens is 2. The first-order valence-corrected chi connectivity index (χ1v) is 9.73. The first-order chi connectivity index (χ1) is 14.3. The number of nitrogens with two attached hydrogens (primary N) is 1. The summed E-state index contributed by atoms with van der Waals surface area (Å²) in [6, 6.07) is 13.8. The van der Waals surface area contributed by atoms with Crippen LogP contribution < -0.4 is 15.8 Å². The van der Waals surface area contributed by atoms with Crippen LogP contribution in [-0.2, 0) is 6.54 Å². The fourth-order valence-corrected chi connectivity index (χ4v) is 3.34. The van der Waals surface area contributed by atoms with E-state index in [4.69, 9.17) is 33.7 Å². The molecule has 3 aromatic rings. The summed E-state index contributed by atoms with van der Waals surface area (Å²) in [5.41, 5.74) is 8.41. The van der Waals surface area contributed by atoms with E-state index in [0.29, 0.717) is 32.6 Å². The molecular formula is C22H19Cl2N3O3. The number of nitrogens with zero attached hydrogens (tertiary/aromatic N) is 1. The summed E-state index contributed by atoms with van der Waals surface area (Å²) >= 11 is 11.9. The lowest BCUT2D eigenvalue weighted by molar-refractivity contribution is 0.0942. The van der Waals surface area contributed by atoms with Crippen LogP contribution >= 0.6 is 23.2 Å². The number of benzene rings is 2. The largest absolute Gasteiger partial charge is 0.497 e. The normalized spacial score (nSPS) is 10.5. The van der Waals surface area contributed by atoms with Crippen molar-refractivity contribution >= 4 is 35.0 Å². The number of amides is 2. The van der Waals surface area contributed by atoms with E-state index in [1.54, 1.807) is 62.6 Å². The van der Waals surface area contributed by atoms with Crippen molar-refractivity contribution < 1.29 is 14.3 Å². The molecule has 3 N–H and O–H groups in total. The molecule has 0 atom stereocenters. The van der Waals surface area contributed by atoms with Gasteiger partial charge in [0, 0.05) is 6.54 Å². The number of carbonyl (C=O) groups excluding carboxylic acids is 2. The number of aromatic nitrogens is 1. The number of ether oxygens (including phenoxy) is 1. The highest BCUT2D eigenvalue weighted by molar-refractivity contribution is 6.42. The second kappa shape index (κ2) is 9.15. The van der Waals surface area contributed by atoms with Crippen LogP contribution in [0.25, 0.3) is 11.1 Å². The number of primary amides is 1. The molecule has 0 aliphatic carbocycles. The van der Waals surface area contributed by atoms with Gasteiger partial charge in [0.15, 0.2) is 0 Å². The standard InChI is InChI=1S/C22H19Cl2N3O3/c1-12-20(21(25)28)16(14-4-6-15(30-2)7-5-14)10-19(27-12)22(29)26-11-13-3-8-17(23)18(24)9-13/h3-10H,11H2,1-2H3,(H2,25,28)(H,26,29). The van der Waals surface area contributed by atoms with Crippen molar-refractivity contribution in [2.24, 2.45) is 5.73 Å². The van der Waals surface area contributed by atoms with Gasteiger partial charge in [0.1, 0.15) is 11.4 Å². The van der Waals surface area contributed by atoms with E-state index in [2.05, 4.69) is 10.3 Å². The Bertz CT molecular complexity index is 1120. The smallest absolute Gasteiger partial charge is 0.270 e. The molecule has 30 heavy (non-hydrogen) atoms. The number of nitrogens with one attached hydrogen (secondary N) is 1. The molecule has 0 fully saturated rings.